The first-order chi connectivity index (χ1) is 16.1. The zero-order valence-corrected chi connectivity index (χ0v) is 18.3. The van der Waals surface area contributed by atoms with E-state index in [1.807, 2.05) is 24.3 Å². The smallest absolute Gasteiger partial charge is 0.353 e. The Balaban J connectivity index is 1.30. The Morgan fingerprint density at radius 3 is 2.21 bits per heavy atom. The lowest BCUT2D eigenvalue weighted by Crippen LogP contribution is -2.06. The highest BCUT2D eigenvalue weighted by atomic mass is 32.1. The molecule has 0 bridgehead atoms. The summed E-state index contributed by atoms with van der Waals surface area (Å²) in [5.41, 5.74) is 2.21. The van der Waals surface area contributed by atoms with Gasteiger partial charge >= 0.3 is 5.97 Å². The van der Waals surface area contributed by atoms with E-state index in [9.17, 15) is 14.0 Å². The lowest BCUT2D eigenvalue weighted by molar-refractivity contribution is 0.0740. The average Bonchev–Trinajstić information content (AvgIpc) is 3.39. The van der Waals surface area contributed by atoms with E-state index in [1.54, 1.807) is 60.0 Å². The van der Waals surface area contributed by atoms with Crippen molar-refractivity contribution in [2.24, 2.45) is 0 Å². The molecule has 1 aromatic heterocycles. The third-order valence-corrected chi connectivity index (χ3v) is 5.55. The molecule has 4 rings (SSSR count). The topological polar surface area (TPSA) is 52.6 Å². The van der Waals surface area contributed by atoms with E-state index in [4.69, 9.17) is 9.47 Å². The van der Waals surface area contributed by atoms with Crippen LogP contribution in [0.1, 0.15) is 31.2 Å². The summed E-state index contributed by atoms with van der Waals surface area (Å²) in [6.07, 6.45) is 3.21. The zero-order valence-electron chi connectivity index (χ0n) is 17.4. The van der Waals surface area contributed by atoms with Crippen LogP contribution >= 0.6 is 11.3 Å². The van der Waals surface area contributed by atoms with Crippen LogP contribution in [0.15, 0.2) is 96.4 Å². The van der Waals surface area contributed by atoms with Gasteiger partial charge in [0.1, 0.15) is 28.8 Å². The van der Waals surface area contributed by atoms with Crippen molar-refractivity contribution in [3.8, 4) is 11.5 Å². The summed E-state index contributed by atoms with van der Waals surface area (Å²) >= 11 is 1.31. The number of ether oxygens (including phenoxy) is 2. The molecule has 4 aromatic rings. The summed E-state index contributed by atoms with van der Waals surface area (Å²) in [4.78, 5) is 25.0. The third kappa shape index (κ3) is 6.24. The molecule has 0 atom stereocenters. The van der Waals surface area contributed by atoms with Crippen molar-refractivity contribution in [1.29, 1.82) is 0 Å². The molecule has 164 valence electrons. The number of carbonyl (C=O) groups is 2. The predicted molar refractivity (Wildman–Crippen MR) is 126 cm³/mol. The normalized spacial score (nSPS) is 10.8. The summed E-state index contributed by atoms with van der Waals surface area (Å²) < 4.78 is 24.0. The average molecular weight is 459 g/mol. The number of halogens is 1. The minimum absolute atomic E-state index is 0.164. The van der Waals surface area contributed by atoms with Gasteiger partial charge in [-0.15, -0.1) is 11.3 Å². The van der Waals surface area contributed by atoms with Crippen LogP contribution in [0.4, 0.5) is 4.39 Å². The van der Waals surface area contributed by atoms with E-state index in [0.29, 0.717) is 28.5 Å². The van der Waals surface area contributed by atoms with Crippen LogP contribution in [0.3, 0.4) is 0 Å². The van der Waals surface area contributed by atoms with E-state index in [-0.39, 0.29) is 11.6 Å². The standard InChI is InChI=1S/C27H19FO4S/c28-22-10-3-20(4-11-22)18-31-23-12-5-19(6-13-23)7-16-25(29)21-8-14-24(15-9-21)32-27(30)26-2-1-17-33-26/h1-17H,18H2/b16-7-. The van der Waals surface area contributed by atoms with Gasteiger partial charge in [0.05, 0.1) is 0 Å². The number of thiophene rings is 1. The third-order valence-electron chi connectivity index (χ3n) is 4.70. The number of hydrogen-bond acceptors (Lipinski definition) is 5. The molecule has 4 nitrogen and oxygen atoms in total. The number of benzene rings is 3. The Morgan fingerprint density at radius 1 is 0.848 bits per heavy atom. The van der Waals surface area contributed by atoms with Crippen LogP contribution in [0.2, 0.25) is 0 Å². The fourth-order valence-electron chi connectivity index (χ4n) is 2.93. The molecule has 0 fully saturated rings. The quantitative estimate of drug-likeness (QED) is 0.129. The molecule has 0 spiro atoms. The second-order valence-corrected chi connectivity index (χ2v) is 8.02. The summed E-state index contributed by atoms with van der Waals surface area (Å²) in [6, 6.07) is 23.4. The molecule has 0 aliphatic carbocycles. The maximum Gasteiger partial charge on any atom is 0.353 e. The molecule has 3 aromatic carbocycles. The highest BCUT2D eigenvalue weighted by Gasteiger charge is 2.10. The van der Waals surface area contributed by atoms with Gasteiger partial charge in [-0.25, -0.2) is 9.18 Å². The molecule has 0 saturated heterocycles. The molecule has 0 aliphatic heterocycles. The van der Waals surface area contributed by atoms with Crippen molar-refractivity contribution in [3.05, 3.63) is 124 Å². The van der Waals surface area contributed by atoms with Gasteiger partial charge in [-0.1, -0.05) is 36.4 Å². The Kier molecular flexibility index (Phi) is 7.07. The molecule has 0 amide bonds. The molecule has 0 saturated carbocycles. The van der Waals surface area contributed by atoms with Crippen molar-refractivity contribution in [3.63, 3.8) is 0 Å². The maximum atomic E-state index is 13.0. The first-order valence-electron chi connectivity index (χ1n) is 10.1. The fraction of sp³-hybridized carbons (Fsp3) is 0.0370. The molecule has 6 heteroatoms. The Labute approximate surface area is 194 Å². The van der Waals surface area contributed by atoms with Gasteiger partial charge in [-0.2, -0.15) is 0 Å². The van der Waals surface area contributed by atoms with E-state index in [1.165, 1.54) is 29.5 Å². The molecule has 0 radical (unpaired) electrons. The van der Waals surface area contributed by atoms with Gasteiger partial charge in [-0.3, -0.25) is 4.79 Å². The first kappa shape index (κ1) is 22.2. The Morgan fingerprint density at radius 2 is 1.55 bits per heavy atom. The number of esters is 1. The van der Waals surface area contributed by atoms with E-state index < -0.39 is 5.97 Å². The number of rotatable bonds is 8. The molecule has 0 unspecified atom stereocenters. The zero-order chi connectivity index (χ0) is 23.0. The minimum Gasteiger partial charge on any atom is -0.489 e. The highest BCUT2D eigenvalue weighted by molar-refractivity contribution is 7.12. The highest BCUT2D eigenvalue weighted by Crippen LogP contribution is 2.18. The molecule has 0 aliphatic rings. The SMILES string of the molecule is O=C(/C=C\c1ccc(OCc2ccc(F)cc2)cc1)c1ccc(OC(=O)c2cccs2)cc1. The van der Waals surface area contributed by atoms with Crippen molar-refractivity contribution in [2.75, 3.05) is 0 Å². The molecule has 0 N–H and O–H groups in total. The van der Waals surface area contributed by atoms with E-state index in [2.05, 4.69) is 0 Å². The van der Waals surface area contributed by atoms with Crippen LogP contribution in [-0.4, -0.2) is 11.8 Å². The van der Waals surface area contributed by atoms with Crippen molar-refractivity contribution >= 4 is 29.2 Å². The van der Waals surface area contributed by atoms with Crippen molar-refractivity contribution in [1.82, 2.24) is 0 Å². The molecular formula is C27H19FO4S. The van der Waals surface area contributed by atoms with Crippen LogP contribution < -0.4 is 9.47 Å². The number of hydrogen-bond donors (Lipinski definition) is 0. The number of carbonyl (C=O) groups excluding carboxylic acids is 2. The maximum absolute atomic E-state index is 13.0. The van der Waals surface area contributed by atoms with Crippen molar-refractivity contribution in [2.45, 2.75) is 6.61 Å². The van der Waals surface area contributed by atoms with Gasteiger partial charge in [0.2, 0.25) is 0 Å². The van der Waals surface area contributed by atoms with Gasteiger partial charge in [-0.05, 0) is 77.2 Å². The minimum atomic E-state index is -0.422. The van der Waals surface area contributed by atoms with Gasteiger partial charge in [0, 0.05) is 5.56 Å². The first-order valence-corrected chi connectivity index (χ1v) is 11.0. The second kappa shape index (κ2) is 10.5. The van der Waals surface area contributed by atoms with Crippen LogP contribution in [0.25, 0.3) is 6.08 Å². The molecule has 33 heavy (non-hydrogen) atoms. The van der Waals surface area contributed by atoms with E-state index >= 15 is 0 Å². The lowest BCUT2D eigenvalue weighted by atomic mass is 10.1. The largest absolute Gasteiger partial charge is 0.489 e. The van der Waals surface area contributed by atoms with E-state index in [0.717, 1.165) is 11.1 Å². The fourth-order valence-corrected chi connectivity index (χ4v) is 3.53. The Hall–Kier alpha value is -4.03. The second-order valence-electron chi connectivity index (χ2n) is 7.07. The number of ketones is 1. The number of allylic oxidation sites excluding steroid dienone is 1. The van der Waals surface area contributed by atoms with Crippen LogP contribution in [0.5, 0.6) is 11.5 Å². The molecule has 1 heterocycles. The van der Waals surface area contributed by atoms with Crippen molar-refractivity contribution < 1.29 is 23.5 Å². The van der Waals surface area contributed by atoms with Crippen LogP contribution in [0, 0.1) is 5.82 Å². The summed E-state index contributed by atoms with van der Waals surface area (Å²) in [7, 11) is 0. The van der Waals surface area contributed by atoms with Gasteiger partial charge in [0.15, 0.2) is 5.78 Å². The van der Waals surface area contributed by atoms with Crippen LogP contribution in [-0.2, 0) is 6.61 Å². The van der Waals surface area contributed by atoms with Gasteiger partial charge < -0.3 is 9.47 Å². The monoisotopic (exact) mass is 458 g/mol. The summed E-state index contributed by atoms with van der Waals surface area (Å²) in [6.45, 7) is 0.340. The van der Waals surface area contributed by atoms with Gasteiger partial charge in [0.25, 0.3) is 0 Å². The molecular weight excluding hydrogens is 439 g/mol. The summed E-state index contributed by atoms with van der Waals surface area (Å²) in [5.74, 6) is 0.190. The lowest BCUT2D eigenvalue weighted by Gasteiger charge is -2.06. The Bertz CT molecular complexity index is 1240. The predicted octanol–water partition coefficient (Wildman–Crippen LogP) is 6.58. The summed E-state index contributed by atoms with van der Waals surface area (Å²) in [5, 5.41) is 1.80.